The van der Waals surface area contributed by atoms with Crippen LogP contribution in [-0.4, -0.2) is 69.1 Å². The molecular weight excluding hydrogens is 572 g/mol. The highest BCUT2D eigenvalue weighted by Gasteiger charge is 2.23. The number of halogens is 1. The van der Waals surface area contributed by atoms with Crippen molar-refractivity contribution in [2.24, 2.45) is 0 Å². The molecule has 9 heteroatoms. The number of carbonyl (C=O) groups is 2. The molecule has 2 aliphatic rings. The molecule has 40 heavy (non-hydrogen) atoms. The maximum atomic E-state index is 9.55. The summed E-state index contributed by atoms with van der Waals surface area (Å²) in [5, 5.41) is 15.6. The molecule has 2 unspecified atom stereocenters. The summed E-state index contributed by atoms with van der Waals surface area (Å²) in [6.45, 7) is 4.52. The summed E-state index contributed by atoms with van der Waals surface area (Å²) < 4.78 is 1.07. The number of carboxylic acids is 2. The lowest BCUT2D eigenvalue weighted by Crippen LogP contribution is -2.17. The molecule has 212 valence electrons. The molecular formula is C31H37BrN4O4. The number of hydrogen-bond acceptors (Lipinski definition) is 6. The Morgan fingerprint density at radius 1 is 0.800 bits per heavy atom. The summed E-state index contributed by atoms with van der Waals surface area (Å²) in [5.41, 5.74) is 6.44. The first-order valence-corrected chi connectivity index (χ1v) is 14.1. The van der Waals surface area contributed by atoms with Crippen LogP contribution in [0.1, 0.15) is 54.5 Å². The minimum Gasteiger partial charge on any atom is -0.478 e. The van der Waals surface area contributed by atoms with Gasteiger partial charge in [-0.3, -0.25) is 19.8 Å². The van der Waals surface area contributed by atoms with Crippen molar-refractivity contribution < 1.29 is 19.8 Å². The van der Waals surface area contributed by atoms with Crippen LogP contribution in [0.2, 0.25) is 0 Å². The van der Waals surface area contributed by atoms with E-state index in [0.29, 0.717) is 24.2 Å². The predicted molar refractivity (Wildman–Crippen MR) is 160 cm³/mol. The molecule has 2 saturated heterocycles. The second-order valence-electron chi connectivity index (χ2n) is 10.1. The number of carboxylic acid groups (broad SMARTS) is 2. The zero-order valence-corrected chi connectivity index (χ0v) is 24.8. The number of rotatable bonds is 5. The second kappa shape index (κ2) is 15.4. The van der Waals surface area contributed by atoms with Crippen LogP contribution in [0, 0.1) is 6.92 Å². The third-order valence-corrected chi connectivity index (χ3v) is 7.48. The van der Waals surface area contributed by atoms with Crippen molar-refractivity contribution >= 4 is 27.9 Å². The first-order chi connectivity index (χ1) is 19.1. The van der Waals surface area contributed by atoms with E-state index >= 15 is 0 Å². The van der Waals surface area contributed by atoms with Crippen LogP contribution in [0.15, 0.2) is 77.8 Å². The summed E-state index contributed by atoms with van der Waals surface area (Å²) in [4.78, 5) is 32.6. The maximum absolute atomic E-state index is 9.55. The number of benzene rings is 1. The van der Waals surface area contributed by atoms with Gasteiger partial charge in [-0.2, -0.15) is 0 Å². The van der Waals surface area contributed by atoms with E-state index in [-0.39, 0.29) is 0 Å². The molecule has 0 spiro atoms. The largest absolute Gasteiger partial charge is 0.478 e. The van der Waals surface area contributed by atoms with Gasteiger partial charge < -0.3 is 10.2 Å². The highest BCUT2D eigenvalue weighted by Crippen LogP contribution is 2.32. The fourth-order valence-corrected chi connectivity index (χ4v) is 5.34. The van der Waals surface area contributed by atoms with Crippen LogP contribution < -0.4 is 0 Å². The lowest BCUT2D eigenvalue weighted by Gasteiger charge is -2.19. The van der Waals surface area contributed by atoms with Crippen LogP contribution in [-0.2, 0) is 9.59 Å². The Labute approximate surface area is 244 Å². The van der Waals surface area contributed by atoms with Gasteiger partial charge >= 0.3 is 11.9 Å². The molecule has 0 saturated carbocycles. The van der Waals surface area contributed by atoms with Gasteiger partial charge in [-0.15, -0.1) is 0 Å². The van der Waals surface area contributed by atoms with E-state index in [2.05, 4.69) is 93.1 Å². The van der Waals surface area contributed by atoms with Gasteiger partial charge in [0.15, 0.2) is 0 Å². The molecule has 2 fully saturated rings. The molecule has 4 heterocycles. The average molecular weight is 610 g/mol. The molecule has 2 atom stereocenters. The normalized spacial score (nSPS) is 19.0. The van der Waals surface area contributed by atoms with Gasteiger partial charge in [0.2, 0.25) is 0 Å². The number of aryl methyl sites for hydroxylation is 1. The predicted octanol–water partition coefficient (Wildman–Crippen LogP) is 6.15. The van der Waals surface area contributed by atoms with Crippen molar-refractivity contribution in [3.63, 3.8) is 0 Å². The number of nitrogens with zero attached hydrogens (tertiary/aromatic N) is 4. The molecule has 2 aliphatic heterocycles. The third kappa shape index (κ3) is 9.66. The van der Waals surface area contributed by atoms with Gasteiger partial charge in [0.05, 0.1) is 0 Å². The van der Waals surface area contributed by atoms with Crippen LogP contribution in [0.25, 0.3) is 11.1 Å². The highest BCUT2D eigenvalue weighted by atomic mass is 79.9. The van der Waals surface area contributed by atoms with Crippen LogP contribution in [0.4, 0.5) is 0 Å². The minimum absolute atomic E-state index is 0.540. The number of aromatic nitrogens is 2. The second-order valence-corrected chi connectivity index (χ2v) is 11.0. The summed E-state index contributed by atoms with van der Waals surface area (Å²) in [6, 6.07) is 14.2. The Morgan fingerprint density at radius 3 is 1.75 bits per heavy atom. The number of pyridine rings is 2. The number of hydrogen-bond donors (Lipinski definition) is 2. The van der Waals surface area contributed by atoms with Crippen molar-refractivity contribution in [1.29, 1.82) is 0 Å². The maximum Gasteiger partial charge on any atom is 0.328 e. The first-order valence-electron chi connectivity index (χ1n) is 13.3. The van der Waals surface area contributed by atoms with E-state index in [1.165, 1.54) is 66.6 Å². The molecule has 2 N–H and O–H groups in total. The Balaban J connectivity index is 0.000000182. The van der Waals surface area contributed by atoms with Crippen LogP contribution >= 0.6 is 15.9 Å². The van der Waals surface area contributed by atoms with Crippen LogP contribution in [0.3, 0.4) is 0 Å². The standard InChI is InChI=1S/C17H20N2.C10H13BrN2.C4H4O4/c1-13-5-7-14(8-6-13)15-10-16(12-18-11-15)17-4-3-9-19(17)2;1-13-4-2-3-10(13)8-5-9(11)7-12-6-8;5-3(6)1-2-4(7)8/h5-8,10-12,17H,3-4,9H2,1-2H3;5-7,10H,2-4H2,1H3;1-2H,(H,5,6)(H,7,8). The van der Waals surface area contributed by atoms with E-state index in [9.17, 15) is 9.59 Å². The molecule has 1 aromatic carbocycles. The third-order valence-electron chi connectivity index (χ3n) is 7.05. The van der Waals surface area contributed by atoms with Crippen molar-refractivity contribution in [3.8, 4) is 11.1 Å². The van der Waals surface area contributed by atoms with Crippen molar-refractivity contribution in [1.82, 2.24) is 19.8 Å². The summed E-state index contributed by atoms with van der Waals surface area (Å²) in [6.07, 6.45) is 14.0. The summed E-state index contributed by atoms with van der Waals surface area (Å²) >= 11 is 3.45. The molecule has 0 radical (unpaired) electrons. The fourth-order valence-electron chi connectivity index (χ4n) is 4.96. The van der Waals surface area contributed by atoms with Gasteiger partial charge in [0, 0.05) is 59.1 Å². The molecule has 0 bridgehead atoms. The van der Waals surface area contributed by atoms with Gasteiger partial charge in [-0.1, -0.05) is 29.8 Å². The van der Waals surface area contributed by atoms with Gasteiger partial charge in [-0.05, 0) is 105 Å². The molecule has 0 aliphatic carbocycles. The number of likely N-dealkylation sites (tertiary alicyclic amines) is 2. The van der Waals surface area contributed by atoms with Gasteiger partial charge in [-0.25, -0.2) is 9.59 Å². The monoisotopic (exact) mass is 608 g/mol. The Hall–Kier alpha value is -3.40. The highest BCUT2D eigenvalue weighted by molar-refractivity contribution is 9.10. The smallest absolute Gasteiger partial charge is 0.328 e. The Bertz CT molecular complexity index is 1280. The average Bonchev–Trinajstić information content (AvgIpc) is 3.56. The van der Waals surface area contributed by atoms with Crippen molar-refractivity contribution in [2.45, 2.75) is 44.7 Å². The van der Waals surface area contributed by atoms with Crippen molar-refractivity contribution in [3.05, 3.63) is 94.5 Å². The lowest BCUT2D eigenvalue weighted by atomic mass is 10.0. The molecule has 8 nitrogen and oxygen atoms in total. The SMILES string of the molecule is CN1CCCC1c1cncc(Br)c1.Cc1ccc(-c2cncc(C3CCCN3C)c2)cc1.O=C(O)C=CC(=O)O. The Morgan fingerprint density at radius 2 is 1.30 bits per heavy atom. The van der Waals surface area contributed by atoms with Gasteiger partial charge in [0.25, 0.3) is 0 Å². The molecule has 5 rings (SSSR count). The van der Waals surface area contributed by atoms with Crippen molar-refractivity contribution in [2.75, 3.05) is 27.2 Å². The fraction of sp³-hybridized carbons (Fsp3) is 0.355. The lowest BCUT2D eigenvalue weighted by molar-refractivity contribution is -0.134. The van der Waals surface area contributed by atoms with Gasteiger partial charge in [0.1, 0.15) is 0 Å². The summed E-state index contributed by atoms with van der Waals surface area (Å²) in [5.74, 6) is -2.51. The van der Waals surface area contributed by atoms with E-state index in [1.807, 2.05) is 24.8 Å². The zero-order chi connectivity index (χ0) is 29.1. The molecule has 3 aromatic rings. The van der Waals surface area contributed by atoms with Crippen LogP contribution in [0.5, 0.6) is 0 Å². The zero-order valence-electron chi connectivity index (χ0n) is 23.2. The quantitative estimate of drug-likeness (QED) is 0.332. The Kier molecular flexibility index (Phi) is 12.0. The molecule has 2 aromatic heterocycles. The number of aliphatic carboxylic acids is 2. The van der Waals surface area contributed by atoms with E-state index in [4.69, 9.17) is 10.2 Å². The molecule has 0 amide bonds. The topological polar surface area (TPSA) is 107 Å². The first kappa shape index (κ1) is 31.1. The van der Waals surface area contributed by atoms with E-state index < -0.39 is 11.9 Å². The van der Waals surface area contributed by atoms with E-state index in [0.717, 1.165) is 4.47 Å². The van der Waals surface area contributed by atoms with E-state index in [1.54, 1.807) is 0 Å². The minimum atomic E-state index is -1.26. The summed E-state index contributed by atoms with van der Waals surface area (Å²) in [7, 11) is 4.38.